The molecule has 3 aromatic rings. The lowest BCUT2D eigenvalue weighted by molar-refractivity contribution is -0.0461. The van der Waals surface area contributed by atoms with Gasteiger partial charge in [0.05, 0.1) is 5.02 Å². The number of aromatic hydroxyl groups is 1. The summed E-state index contributed by atoms with van der Waals surface area (Å²) < 4.78 is 28.6. The molecular formula is C36H46ClN3O10. The summed E-state index contributed by atoms with van der Waals surface area (Å²) in [5, 5.41) is 11.8. The number of amides is 2. The van der Waals surface area contributed by atoms with Gasteiger partial charge in [-0.3, -0.25) is 4.79 Å². The first-order valence-corrected chi connectivity index (χ1v) is 16.7. The summed E-state index contributed by atoms with van der Waals surface area (Å²) in [5.41, 5.74) is -1.46. The van der Waals surface area contributed by atoms with Crippen LogP contribution in [0.3, 0.4) is 0 Å². The van der Waals surface area contributed by atoms with E-state index >= 15 is 0 Å². The smallest absolute Gasteiger partial charge is 0.507 e. The molecule has 2 amide bonds. The number of likely N-dealkylation sites (tertiary alicyclic amines) is 1. The molecule has 1 fully saturated rings. The third-order valence-electron chi connectivity index (χ3n) is 7.88. The zero-order chi connectivity index (χ0) is 37.1. The minimum Gasteiger partial charge on any atom is -0.507 e. The average Bonchev–Trinajstić information content (AvgIpc) is 2.98. The topological polar surface area (TPSA) is 148 Å². The summed E-state index contributed by atoms with van der Waals surface area (Å²) in [6.07, 6.45) is -2.67. The predicted octanol–water partition coefficient (Wildman–Crippen LogP) is 6.86. The maximum Gasteiger partial charge on any atom is 0.509 e. The minimum absolute atomic E-state index is 0.0464. The van der Waals surface area contributed by atoms with Gasteiger partial charge in [0.25, 0.3) is 0 Å². The highest BCUT2D eigenvalue weighted by atomic mass is 35.5. The Morgan fingerprint density at radius 2 is 1.60 bits per heavy atom. The second-order valence-corrected chi connectivity index (χ2v) is 14.8. The molecule has 1 aromatic heterocycles. The molecule has 1 aliphatic rings. The van der Waals surface area contributed by atoms with Crippen LogP contribution in [0.1, 0.15) is 59.4 Å². The van der Waals surface area contributed by atoms with Crippen LogP contribution in [0.4, 0.5) is 14.4 Å². The van der Waals surface area contributed by atoms with Gasteiger partial charge in [-0.05, 0) is 73.7 Å². The first-order valence-electron chi connectivity index (χ1n) is 16.3. The summed E-state index contributed by atoms with van der Waals surface area (Å²) >= 11 is 6.47. The number of carbonyl (C=O) groups is 3. The minimum atomic E-state index is -0.879. The van der Waals surface area contributed by atoms with Crippen LogP contribution in [0.2, 0.25) is 5.02 Å². The Kier molecular flexibility index (Phi) is 11.6. The molecule has 0 radical (unpaired) electrons. The molecule has 0 saturated carbocycles. The molecule has 0 aliphatic carbocycles. The lowest BCUT2D eigenvalue weighted by Crippen LogP contribution is -2.44. The largest absolute Gasteiger partial charge is 0.509 e. The fourth-order valence-corrected chi connectivity index (χ4v) is 5.68. The molecule has 13 nitrogen and oxygen atoms in total. The average molecular weight is 716 g/mol. The van der Waals surface area contributed by atoms with E-state index in [2.05, 4.69) is 0 Å². The number of piperidine rings is 1. The molecule has 1 saturated heterocycles. The number of hydrogen-bond acceptors (Lipinski definition) is 11. The van der Waals surface area contributed by atoms with Crippen molar-refractivity contribution in [1.82, 2.24) is 14.7 Å². The first-order chi connectivity index (χ1) is 23.2. The van der Waals surface area contributed by atoms with E-state index in [0.29, 0.717) is 30.1 Å². The molecule has 2 aromatic carbocycles. The van der Waals surface area contributed by atoms with Crippen molar-refractivity contribution in [3.05, 3.63) is 57.2 Å². The lowest BCUT2D eigenvalue weighted by Gasteiger charge is -2.37. The number of phenols is 1. The van der Waals surface area contributed by atoms with E-state index in [-0.39, 0.29) is 46.9 Å². The second kappa shape index (κ2) is 15.2. The molecule has 1 aliphatic heterocycles. The molecule has 0 spiro atoms. The van der Waals surface area contributed by atoms with Crippen molar-refractivity contribution < 1.29 is 42.9 Å². The van der Waals surface area contributed by atoms with Crippen molar-refractivity contribution in [3.63, 3.8) is 0 Å². The number of nitrogens with zero attached hydrogens (tertiary/aromatic N) is 3. The van der Waals surface area contributed by atoms with Crippen molar-refractivity contribution in [2.24, 2.45) is 0 Å². The van der Waals surface area contributed by atoms with Crippen LogP contribution in [0.5, 0.6) is 11.5 Å². The number of carbonyl (C=O) groups excluding carboxylic acids is 3. The van der Waals surface area contributed by atoms with E-state index in [0.717, 1.165) is 0 Å². The Morgan fingerprint density at radius 1 is 0.980 bits per heavy atom. The van der Waals surface area contributed by atoms with Gasteiger partial charge in [0, 0.05) is 62.9 Å². The number of likely N-dealkylation sites (N-methyl/N-ethyl adjacent to an activating group) is 3. The molecular weight excluding hydrogens is 670 g/mol. The van der Waals surface area contributed by atoms with Crippen molar-refractivity contribution in [2.75, 3.05) is 47.3 Å². The number of phenolic OH excluding ortho intramolecular Hbond substituents is 1. The normalized spacial score (nSPS) is 16.8. The third kappa shape index (κ3) is 9.60. The molecule has 14 heteroatoms. The highest BCUT2D eigenvalue weighted by molar-refractivity contribution is 6.33. The van der Waals surface area contributed by atoms with Gasteiger partial charge >= 0.3 is 18.3 Å². The van der Waals surface area contributed by atoms with Crippen molar-refractivity contribution in [3.8, 4) is 22.8 Å². The second-order valence-electron chi connectivity index (χ2n) is 14.4. The maximum atomic E-state index is 13.9. The van der Waals surface area contributed by atoms with Crippen LogP contribution < -0.4 is 10.2 Å². The van der Waals surface area contributed by atoms with E-state index in [1.54, 1.807) is 72.9 Å². The zero-order valence-electron chi connectivity index (χ0n) is 30.0. The van der Waals surface area contributed by atoms with Gasteiger partial charge < -0.3 is 43.2 Å². The fraction of sp³-hybridized carbons (Fsp3) is 0.500. The molecule has 4 rings (SSSR count). The number of benzene rings is 2. The maximum absolute atomic E-state index is 13.9. The van der Waals surface area contributed by atoms with Gasteiger partial charge in [-0.15, -0.1) is 0 Å². The molecule has 50 heavy (non-hydrogen) atoms. The Morgan fingerprint density at radius 3 is 2.22 bits per heavy atom. The van der Waals surface area contributed by atoms with E-state index in [4.69, 9.17) is 35.0 Å². The monoisotopic (exact) mass is 715 g/mol. The lowest BCUT2D eigenvalue weighted by atomic mass is 9.85. The quantitative estimate of drug-likeness (QED) is 0.256. The summed E-state index contributed by atoms with van der Waals surface area (Å²) in [5.74, 6) is -1.09. The summed E-state index contributed by atoms with van der Waals surface area (Å²) in [6.45, 7) is 11.5. The molecule has 2 heterocycles. The van der Waals surface area contributed by atoms with Crippen molar-refractivity contribution in [2.45, 2.75) is 71.2 Å². The zero-order valence-corrected chi connectivity index (χ0v) is 30.8. The Bertz CT molecular complexity index is 1800. The van der Waals surface area contributed by atoms with E-state index < -0.39 is 47.0 Å². The Balaban J connectivity index is 1.76. The Labute approximate surface area is 296 Å². The van der Waals surface area contributed by atoms with Gasteiger partial charge in [0.2, 0.25) is 0 Å². The number of ether oxygens (including phenoxy) is 4. The number of halogens is 1. The van der Waals surface area contributed by atoms with Crippen molar-refractivity contribution >= 4 is 40.9 Å². The van der Waals surface area contributed by atoms with E-state index in [1.807, 2.05) is 11.9 Å². The summed E-state index contributed by atoms with van der Waals surface area (Å²) in [7, 11) is 4.89. The van der Waals surface area contributed by atoms with Gasteiger partial charge in [-0.25, -0.2) is 14.4 Å². The number of hydrogen-bond donors (Lipinski definition) is 1. The van der Waals surface area contributed by atoms with Crippen LogP contribution in [-0.2, 0) is 14.2 Å². The SMILES string of the molecule is CN1CC[C@H](c2c(O)cc(OC(=O)N(C)CCN(C)C(=O)OC(C)(C)C)c3c(=O)cc(-c4ccccc4Cl)oc23)[C@H](OC(=O)OC(C)(C)C)C1. The molecule has 272 valence electrons. The standard InChI is InChI=1S/C36H46ClN3O10/c1-35(2,3)49-33(44)40(9)17-16-39(8)32(43)47-27-19-24(41)29(22-14-15-38(7)20-28(22)48-34(45)50-36(4,5)6)31-30(27)25(42)18-26(46-31)21-12-10-11-13-23(21)37/h10-13,18-19,22,28,41H,14-17,20H2,1-9H3/t22-,28+/m0/s1. The van der Waals surface area contributed by atoms with Crippen LogP contribution in [0.25, 0.3) is 22.3 Å². The van der Waals surface area contributed by atoms with Crippen LogP contribution in [0, 0.1) is 0 Å². The van der Waals surface area contributed by atoms with Crippen molar-refractivity contribution in [1.29, 1.82) is 0 Å². The van der Waals surface area contributed by atoms with E-state index in [9.17, 15) is 24.3 Å². The number of rotatable bonds is 7. The van der Waals surface area contributed by atoms with Crippen LogP contribution in [0.15, 0.2) is 45.6 Å². The molecule has 2 atom stereocenters. The highest BCUT2D eigenvalue weighted by Crippen LogP contribution is 2.44. The van der Waals surface area contributed by atoms with Gasteiger partial charge in [0.1, 0.15) is 39.8 Å². The molecule has 1 N–H and O–H groups in total. The van der Waals surface area contributed by atoms with Gasteiger partial charge in [0.15, 0.2) is 11.2 Å². The van der Waals surface area contributed by atoms with Crippen LogP contribution >= 0.6 is 11.6 Å². The van der Waals surface area contributed by atoms with Gasteiger partial charge in [-0.1, -0.05) is 23.7 Å². The third-order valence-corrected chi connectivity index (χ3v) is 8.21. The van der Waals surface area contributed by atoms with Crippen LogP contribution in [-0.4, -0.2) is 103 Å². The van der Waals surface area contributed by atoms with Gasteiger partial charge in [-0.2, -0.15) is 0 Å². The first kappa shape index (κ1) is 38.3. The molecule has 0 unspecified atom stereocenters. The highest BCUT2D eigenvalue weighted by Gasteiger charge is 2.38. The Hall–Kier alpha value is -4.49. The predicted molar refractivity (Wildman–Crippen MR) is 188 cm³/mol. The summed E-state index contributed by atoms with van der Waals surface area (Å²) in [4.78, 5) is 56.9. The van der Waals surface area contributed by atoms with E-state index in [1.165, 1.54) is 29.0 Å². The molecule has 0 bridgehead atoms. The number of fused-ring (bicyclic) bond motifs is 1. The fourth-order valence-electron chi connectivity index (χ4n) is 5.45. The summed E-state index contributed by atoms with van der Waals surface area (Å²) in [6, 6.07) is 9.23.